The Morgan fingerprint density at radius 1 is 0.808 bits per heavy atom. The molecule has 4 nitrogen and oxygen atoms in total. The fourth-order valence-electron chi connectivity index (χ4n) is 2.46. The van der Waals surface area contributed by atoms with Crippen LogP contribution in [0.3, 0.4) is 0 Å². The first-order valence-electron chi connectivity index (χ1n) is 7.73. The normalized spacial score (nSPS) is 15.2. The molecule has 2 heterocycles. The number of carbonyl (C=O) groups excluding carboxylic acids is 1. The zero-order chi connectivity index (χ0) is 18.1. The topological polar surface area (TPSA) is 51.8 Å². The molecule has 0 bridgehead atoms. The summed E-state index contributed by atoms with van der Waals surface area (Å²) in [7, 11) is 0. The molecular formula is C20H11Cl2NO3. The van der Waals surface area contributed by atoms with E-state index in [1.807, 2.05) is 18.2 Å². The number of cyclic esters (lactones) is 1. The van der Waals surface area contributed by atoms with Gasteiger partial charge in [0.05, 0.1) is 0 Å². The summed E-state index contributed by atoms with van der Waals surface area (Å²) in [6.07, 6.45) is 1.55. The predicted molar refractivity (Wildman–Crippen MR) is 101 cm³/mol. The molecule has 0 atom stereocenters. The summed E-state index contributed by atoms with van der Waals surface area (Å²) < 4.78 is 11.0. The summed E-state index contributed by atoms with van der Waals surface area (Å²) in [4.78, 5) is 16.3. The van der Waals surface area contributed by atoms with Gasteiger partial charge < -0.3 is 9.15 Å². The minimum Gasteiger partial charge on any atom is -0.457 e. The predicted octanol–water partition coefficient (Wildman–Crippen LogP) is 5.60. The molecule has 128 valence electrons. The lowest BCUT2D eigenvalue weighted by Crippen LogP contribution is -2.05. The summed E-state index contributed by atoms with van der Waals surface area (Å²) in [5.41, 5.74) is 1.73. The van der Waals surface area contributed by atoms with Gasteiger partial charge in [-0.3, -0.25) is 0 Å². The maximum atomic E-state index is 12.1. The van der Waals surface area contributed by atoms with E-state index < -0.39 is 5.97 Å². The van der Waals surface area contributed by atoms with Gasteiger partial charge in [0, 0.05) is 27.2 Å². The Morgan fingerprint density at radius 3 is 2.08 bits per heavy atom. The van der Waals surface area contributed by atoms with Crippen molar-refractivity contribution in [1.29, 1.82) is 0 Å². The average molecular weight is 384 g/mol. The van der Waals surface area contributed by atoms with E-state index in [0.717, 1.165) is 5.56 Å². The van der Waals surface area contributed by atoms with Gasteiger partial charge in [0.1, 0.15) is 11.5 Å². The van der Waals surface area contributed by atoms with E-state index in [9.17, 15) is 4.79 Å². The number of hydrogen-bond donors (Lipinski definition) is 0. The van der Waals surface area contributed by atoms with E-state index in [0.29, 0.717) is 27.1 Å². The van der Waals surface area contributed by atoms with Crippen molar-refractivity contribution >= 4 is 41.1 Å². The van der Waals surface area contributed by atoms with Crippen LogP contribution in [0.15, 0.2) is 75.8 Å². The molecule has 0 spiro atoms. The van der Waals surface area contributed by atoms with Gasteiger partial charge in [-0.25, -0.2) is 9.79 Å². The van der Waals surface area contributed by atoms with Crippen LogP contribution in [-0.4, -0.2) is 11.9 Å². The molecule has 0 radical (unpaired) electrons. The molecule has 0 N–H and O–H groups in total. The first-order valence-corrected chi connectivity index (χ1v) is 8.48. The lowest BCUT2D eigenvalue weighted by atomic mass is 10.2. The zero-order valence-electron chi connectivity index (χ0n) is 13.3. The number of halogens is 2. The van der Waals surface area contributed by atoms with E-state index in [2.05, 4.69) is 4.99 Å². The maximum Gasteiger partial charge on any atom is 0.363 e. The summed E-state index contributed by atoms with van der Waals surface area (Å²) in [6, 6.07) is 17.8. The van der Waals surface area contributed by atoms with Gasteiger partial charge in [-0.05, 0) is 60.7 Å². The highest BCUT2D eigenvalue weighted by atomic mass is 35.5. The third-order valence-corrected chi connectivity index (χ3v) is 4.25. The summed E-state index contributed by atoms with van der Waals surface area (Å²) in [5.74, 6) is 0.881. The Kier molecular flexibility index (Phi) is 4.37. The number of furan rings is 1. The van der Waals surface area contributed by atoms with Gasteiger partial charge in [-0.1, -0.05) is 23.2 Å². The molecule has 0 aliphatic carbocycles. The van der Waals surface area contributed by atoms with Crippen LogP contribution in [0.25, 0.3) is 17.4 Å². The van der Waals surface area contributed by atoms with Crippen LogP contribution >= 0.6 is 23.2 Å². The number of benzene rings is 2. The Labute approximate surface area is 159 Å². The molecule has 1 aliphatic heterocycles. The van der Waals surface area contributed by atoms with Crippen molar-refractivity contribution in [2.75, 3.05) is 0 Å². The quantitative estimate of drug-likeness (QED) is 0.436. The Bertz CT molecular complexity index is 1030. The van der Waals surface area contributed by atoms with Gasteiger partial charge in [0.2, 0.25) is 5.90 Å². The van der Waals surface area contributed by atoms with Crippen LogP contribution in [0.4, 0.5) is 0 Å². The smallest absolute Gasteiger partial charge is 0.363 e. The Hall–Kier alpha value is -2.82. The zero-order valence-corrected chi connectivity index (χ0v) is 14.8. The van der Waals surface area contributed by atoms with E-state index in [-0.39, 0.29) is 11.6 Å². The fraction of sp³-hybridized carbons (Fsp3) is 0. The standard InChI is InChI=1S/C20H11Cl2NO3/c21-14-5-1-12(2-6-14)18-10-9-16(25-18)11-17-20(24)26-19(23-17)13-3-7-15(22)8-4-13/h1-11H/b17-11+. The Morgan fingerprint density at radius 2 is 1.42 bits per heavy atom. The van der Waals surface area contributed by atoms with Crippen molar-refractivity contribution in [1.82, 2.24) is 0 Å². The molecule has 3 aromatic rings. The van der Waals surface area contributed by atoms with Crippen LogP contribution in [0, 0.1) is 0 Å². The number of hydrogen-bond acceptors (Lipinski definition) is 4. The van der Waals surface area contributed by atoms with Gasteiger partial charge >= 0.3 is 5.97 Å². The minimum atomic E-state index is -0.528. The summed E-state index contributed by atoms with van der Waals surface area (Å²) in [6.45, 7) is 0. The molecule has 0 saturated carbocycles. The average Bonchev–Trinajstić information content (AvgIpc) is 3.24. The van der Waals surface area contributed by atoms with Crippen molar-refractivity contribution in [3.63, 3.8) is 0 Å². The number of ether oxygens (including phenoxy) is 1. The lowest BCUT2D eigenvalue weighted by molar-refractivity contribution is -0.129. The van der Waals surface area contributed by atoms with Crippen LogP contribution in [0.5, 0.6) is 0 Å². The second-order valence-electron chi connectivity index (χ2n) is 5.55. The molecule has 6 heteroatoms. The van der Waals surface area contributed by atoms with Gasteiger partial charge in [-0.2, -0.15) is 0 Å². The van der Waals surface area contributed by atoms with Gasteiger partial charge in [-0.15, -0.1) is 0 Å². The number of aliphatic imine (C=N–C) groups is 1. The summed E-state index contributed by atoms with van der Waals surface area (Å²) >= 11 is 11.8. The van der Waals surface area contributed by atoms with Crippen molar-refractivity contribution in [3.05, 3.63) is 87.7 Å². The SMILES string of the molecule is O=C1OC(c2ccc(Cl)cc2)=N/C1=C/c1ccc(-c2ccc(Cl)cc2)o1. The number of carbonyl (C=O) groups is 1. The molecule has 1 aliphatic rings. The first kappa shape index (κ1) is 16.6. The third kappa shape index (κ3) is 3.43. The monoisotopic (exact) mass is 383 g/mol. The molecule has 26 heavy (non-hydrogen) atoms. The largest absolute Gasteiger partial charge is 0.457 e. The van der Waals surface area contributed by atoms with Crippen LogP contribution < -0.4 is 0 Å². The van der Waals surface area contributed by atoms with E-state index >= 15 is 0 Å². The Balaban J connectivity index is 1.61. The first-order chi connectivity index (χ1) is 12.6. The second kappa shape index (κ2) is 6.83. The molecular weight excluding hydrogens is 373 g/mol. The van der Waals surface area contributed by atoms with Crippen LogP contribution in [0.2, 0.25) is 10.0 Å². The van der Waals surface area contributed by atoms with Gasteiger partial charge in [0.25, 0.3) is 0 Å². The van der Waals surface area contributed by atoms with Crippen LogP contribution in [-0.2, 0) is 9.53 Å². The molecule has 2 aromatic carbocycles. The second-order valence-corrected chi connectivity index (χ2v) is 6.42. The highest BCUT2D eigenvalue weighted by molar-refractivity contribution is 6.31. The fourth-order valence-corrected chi connectivity index (χ4v) is 2.71. The molecule has 0 amide bonds. The van der Waals surface area contributed by atoms with Crippen LogP contribution in [0.1, 0.15) is 11.3 Å². The van der Waals surface area contributed by atoms with Crippen molar-refractivity contribution < 1.29 is 13.9 Å². The van der Waals surface area contributed by atoms with Crippen molar-refractivity contribution in [3.8, 4) is 11.3 Å². The van der Waals surface area contributed by atoms with E-state index in [4.69, 9.17) is 32.4 Å². The molecule has 0 fully saturated rings. The van der Waals surface area contributed by atoms with Crippen molar-refractivity contribution in [2.24, 2.45) is 4.99 Å². The number of nitrogens with zero attached hydrogens (tertiary/aromatic N) is 1. The third-order valence-electron chi connectivity index (χ3n) is 3.75. The maximum absolute atomic E-state index is 12.1. The number of esters is 1. The highest BCUT2D eigenvalue weighted by Gasteiger charge is 2.24. The summed E-state index contributed by atoms with van der Waals surface area (Å²) in [5, 5.41) is 1.25. The lowest BCUT2D eigenvalue weighted by Gasteiger charge is -1.98. The highest BCUT2D eigenvalue weighted by Crippen LogP contribution is 2.26. The molecule has 0 saturated heterocycles. The molecule has 1 aromatic heterocycles. The van der Waals surface area contributed by atoms with Gasteiger partial charge in [0.15, 0.2) is 5.70 Å². The van der Waals surface area contributed by atoms with E-state index in [1.54, 1.807) is 48.5 Å². The molecule has 4 rings (SSSR count). The van der Waals surface area contributed by atoms with Crippen molar-refractivity contribution in [2.45, 2.75) is 0 Å². The minimum absolute atomic E-state index is 0.173. The van der Waals surface area contributed by atoms with E-state index in [1.165, 1.54) is 0 Å². The molecule has 0 unspecified atom stereocenters. The number of rotatable bonds is 3.